The fourth-order valence-electron chi connectivity index (χ4n) is 1.81. The van der Waals surface area contributed by atoms with Gasteiger partial charge in [0.25, 0.3) is 0 Å². The Balaban J connectivity index is 2.58. The average Bonchev–Trinajstić information content (AvgIpc) is 2.26. The van der Waals surface area contributed by atoms with Gasteiger partial charge in [0, 0.05) is 11.6 Å². The molecule has 0 aliphatic carbocycles. The Hall–Kier alpha value is -1.61. The van der Waals surface area contributed by atoms with Crippen molar-refractivity contribution in [1.29, 1.82) is 0 Å². The first-order valence-corrected chi connectivity index (χ1v) is 6.44. The highest BCUT2D eigenvalue weighted by molar-refractivity contribution is 6.35. The Bertz CT molecular complexity index is 644. The van der Waals surface area contributed by atoms with Crippen LogP contribution in [0.3, 0.4) is 0 Å². The van der Waals surface area contributed by atoms with E-state index in [2.05, 4.69) is 4.98 Å². The summed E-state index contributed by atoms with van der Waals surface area (Å²) in [5, 5.41) is 1.24. The Morgan fingerprint density at radius 1 is 1.32 bits per heavy atom. The predicted molar refractivity (Wildman–Crippen MR) is 76.7 cm³/mol. The van der Waals surface area contributed by atoms with E-state index in [9.17, 15) is 4.79 Å². The molecule has 0 radical (unpaired) electrons. The lowest BCUT2D eigenvalue weighted by Gasteiger charge is -2.20. The van der Waals surface area contributed by atoms with Crippen LogP contribution in [-0.2, 0) is 4.74 Å². The maximum absolute atomic E-state index is 12.2. The third-order valence-corrected chi connectivity index (χ3v) is 2.86. The summed E-state index contributed by atoms with van der Waals surface area (Å²) in [6.07, 6.45) is 1.71. The van der Waals surface area contributed by atoms with Crippen molar-refractivity contribution in [2.24, 2.45) is 0 Å². The van der Waals surface area contributed by atoms with Gasteiger partial charge in [0.15, 0.2) is 0 Å². The zero-order valence-electron chi connectivity index (χ0n) is 11.5. The van der Waals surface area contributed by atoms with Crippen molar-refractivity contribution in [1.82, 2.24) is 4.98 Å². The Morgan fingerprint density at radius 2 is 2.00 bits per heavy atom. The zero-order valence-corrected chi connectivity index (χ0v) is 12.2. The first kappa shape index (κ1) is 13.8. The van der Waals surface area contributed by atoms with Gasteiger partial charge in [0.05, 0.1) is 10.5 Å². The molecule has 1 heterocycles. The van der Waals surface area contributed by atoms with Crippen LogP contribution in [0.1, 0.15) is 36.7 Å². The van der Waals surface area contributed by atoms with E-state index in [-0.39, 0.29) is 0 Å². The second-order valence-electron chi connectivity index (χ2n) is 5.51. The number of carbonyl (C=O) groups is 1. The van der Waals surface area contributed by atoms with Gasteiger partial charge in [0.2, 0.25) is 0 Å². The van der Waals surface area contributed by atoms with Crippen LogP contribution in [0.2, 0.25) is 5.02 Å². The molecule has 0 bridgehead atoms. The summed E-state index contributed by atoms with van der Waals surface area (Å²) in [7, 11) is 0. The van der Waals surface area contributed by atoms with E-state index in [4.69, 9.17) is 16.3 Å². The number of aromatic nitrogens is 1. The van der Waals surface area contributed by atoms with Crippen molar-refractivity contribution in [2.45, 2.75) is 33.3 Å². The standard InChI is InChI=1S/C15H16ClNO2/c1-9-7-10-5-6-11(16)12(13(10)17-8-9)14(18)19-15(2,3)4/h5-8H,1-4H3. The van der Waals surface area contributed by atoms with Crippen molar-refractivity contribution in [3.8, 4) is 0 Å². The summed E-state index contributed by atoms with van der Waals surface area (Å²) >= 11 is 6.13. The van der Waals surface area contributed by atoms with Gasteiger partial charge in [-0.05, 0) is 45.4 Å². The van der Waals surface area contributed by atoms with E-state index in [1.165, 1.54) is 0 Å². The highest BCUT2D eigenvalue weighted by Gasteiger charge is 2.22. The molecule has 0 saturated heterocycles. The highest BCUT2D eigenvalue weighted by Crippen LogP contribution is 2.27. The highest BCUT2D eigenvalue weighted by atomic mass is 35.5. The molecular formula is C15H16ClNO2. The minimum absolute atomic E-state index is 0.328. The number of hydrogen-bond acceptors (Lipinski definition) is 3. The quantitative estimate of drug-likeness (QED) is 0.735. The summed E-state index contributed by atoms with van der Waals surface area (Å²) < 4.78 is 5.38. The van der Waals surface area contributed by atoms with Gasteiger partial charge in [-0.1, -0.05) is 17.7 Å². The van der Waals surface area contributed by atoms with E-state index in [0.717, 1.165) is 10.9 Å². The molecular weight excluding hydrogens is 262 g/mol. The SMILES string of the molecule is Cc1cnc2c(C(=O)OC(C)(C)C)c(Cl)ccc2c1. The summed E-state index contributed by atoms with van der Waals surface area (Å²) in [4.78, 5) is 16.5. The molecule has 0 spiro atoms. The lowest BCUT2D eigenvalue weighted by Crippen LogP contribution is -2.24. The number of nitrogens with zero attached hydrogens (tertiary/aromatic N) is 1. The van der Waals surface area contributed by atoms with E-state index in [1.54, 1.807) is 12.3 Å². The molecule has 0 amide bonds. The van der Waals surface area contributed by atoms with Crippen LogP contribution in [0.5, 0.6) is 0 Å². The van der Waals surface area contributed by atoms with Crippen LogP contribution in [0.25, 0.3) is 10.9 Å². The number of esters is 1. The second kappa shape index (κ2) is 4.82. The third kappa shape index (κ3) is 3.04. The Kier molecular flexibility index (Phi) is 3.50. The van der Waals surface area contributed by atoms with Crippen molar-refractivity contribution >= 4 is 28.5 Å². The lowest BCUT2D eigenvalue weighted by atomic mass is 10.1. The molecule has 0 unspecified atom stereocenters. The van der Waals surface area contributed by atoms with Crippen molar-refractivity contribution in [2.75, 3.05) is 0 Å². The molecule has 2 aromatic rings. The first-order chi connectivity index (χ1) is 8.78. The molecule has 19 heavy (non-hydrogen) atoms. The smallest absolute Gasteiger partial charge is 0.342 e. The minimum atomic E-state index is -0.562. The van der Waals surface area contributed by atoms with Gasteiger partial charge < -0.3 is 4.74 Å². The number of ether oxygens (including phenoxy) is 1. The molecule has 1 aromatic carbocycles. The van der Waals surface area contributed by atoms with Gasteiger partial charge in [0.1, 0.15) is 11.2 Å². The summed E-state index contributed by atoms with van der Waals surface area (Å²) in [6.45, 7) is 7.42. The van der Waals surface area contributed by atoms with Gasteiger partial charge in [-0.3, -0.25) is 4.98 Å². The number of hydrogen-bond donors (Lipinski definition) is 0. The molecule has 0 aliphatic heterocycles. The first-order valence-electron chi connectivity index (χ1n) is 6.06. The van der Waals surface area contributed by atoms with Crippen LogP contribution in [0.15, 0.2) is 24.4 Å². The number of halogens is 1. The fourth-order valence-corrected chi connectivity index (χ4v) is 2.04. The van der Waals surface area contributed by atoms with Crippen LogP contribution in [0.4, 0.5) is 0 Å². The van der Waals surface area contributed by atoms with E-state index in [0.29, 0.717) is 16.1 Å². The third-order valence-electron chi connectivity index (χ3n) is 2.54. The predicted octanol–water partition coefficient (Wildman–Crippen LogP) is 4.15. The lowest BCUT2D eigenvalue weighted by molar-refractivity contribution is 0.00718. The molecule has 100 valence electrons. The Morgan fingerprint density at radius 3 is 2.63 bits per heavy atom. The molecule has 0 fully saturated rings. The van der Waals surface area contributed by atoms with Crippen molar-refractivity contribution in [3.05, 3.63) is 40.5 Å². The number of aryl methyl sites for hydroxylation is 1. The van der Waals surface area contributed by atoms with Crippen molar-refractivity contribution < 1.29 is 9.53 Å². The van der Waals surface area contributed by atoms with Crippen LogP contribution >= 0.6 is 11.6 Å². The number of fused-ring (bicyclic) bond motifs is 1. The number of carbonyl (C=O) groups excluding carboxylic acids is 1. The molecule has 3 nitrogen and oxygen atoms in total. The number of rotatable bonds is 1. The van der Waals surface area contributed by atoms with Gasteiger partial charge in [-0.25, -0.2) is 4.79 Å². The minimum Gasteiger partial charge on any atom is -0.456 e. The fraction of sp³-hybridized carbons (Fsp3) is 0.333. The average molecular weight is 278 g/mol. The molecule has 2 rings (SSSR count). The number of pyridine rings is 1. The monoisotopic (exact) mass is 277 g/mol. The van der Waals surface area contributed by atoms with Gasteiger partial charge >= 0.3 is 5.97 Å². The van der Waals surface area contributed by atoms with Gasteiger partial charge in [-0.2, -0.15) is 0 Å². The maximum atomic E-state index is 12.2. The summed E-state index contributed by atoms with van der Waals surface area (Å²) in [5.74, 6) is -0.445. The van der Waals surface area contributed by atoms with E-state index >= 15 is 0 Å². The van der Waals surface area contributed by atoms with Crippen LogP contribution < -0.4 is 0 Å². The second-order valence-corrected chi connectivity index (χ2v) is 5.92. The summed E-state index contributed by atoms with van der Waals surface area (Å²) in [5.41, 5.74) is 1.37. The van der Waals surface area contributed by atoms with Crippen LogP contribution in [-0.4, -0.2) is 16.6 Å². The molecule has 0 N–H and O–H groups in total. The summed E-state index contributed by atoms with van der Waals surface area (Å²) in [6, 6.07) is 5.52. The van der Waals surface area contributed by atoms with E-state index < -0.39 is 11.6 Å². The molecule has 0 aliphatic rings. The van der Waals surface area contributed by atoms with E-state index in [1.807, 2.05) is 39.8 Å². The molecule has 1 aromatic heterocycles. The topological polar surface area (TPSA) is 39.2 Å². The van der Waals surface area contributed by atoms with Crippen molar-refractivity contribution in [3.63, 3.8) is 0 Å². The zero-order chi connectivity index (χ0) is 14.2. The molecule has 0 saturated carbocycles. The van der Waals surface area contributed by atoms with Crippen LogP contribution in [0, 0.1) is 6.92 Å². The van der Waals surface area contributed by atoms with Gasteiger partial charge in [-0.15, -0.1) is 0 Å². The number of benzene rings is 1. The largest absolute Gasteiger partial charge is 0.456 e. The molecule has 4 heteroatoms. The maximum Gasteiger partial charge on any atom is 0.342 e. The molecule has 0 atom stereocenters. The Labute approximate surface area is 117 Å². The normalized spacial score (nSPS) is 11.6.